The smallest absolute Gasteiger partial charge is 0.306 e. The van der Waals surface area contributed by atoms with E-state index >= 15 is 0 Å². The van der Waals surface area contributed by atoms with Crippen molar-refractivity contribution in [2.24, 2.45) is 0 Å². The van der Waals surface area contributed by atoms with Crippen molar-refractivity contribution in [3.63, 3.8) is 0 Å². The van der Waals surface area contributed by atoms with Crippen molar-refractivity contribution in [3.8, 4) is 0 Å². The van der Waals surface area contributed by atoms with Gasteiger partial charge in [-0.25, -0.2) is 0 Å². The third-order valence-electron chi connectivity index (χ3n) is 7.33. The molecular weight excluding hydrogens is 448 g/mol. The minimum Gasteiger partial charge on any atom is -0.481 e. The lowest BCUT2D eigenvalue weighted by Gasteiger charge is -2.18. The Morgan fingerprint density at radius 3 is 1.28 bits per heavy atom. The number of esters is 1. The number of aliphatic carboxylic acids is 1. The van der Waals surface area contributed by atoms with Gasteiger partial charge in [0.05, 0.1) is 0 Å². The molecule has 1 unspecified atom stereocenters. The van der Waals surface area contributed by atoms with Crippen LogP contribution in [0.3, 0.4) is 0 Å². The average Bonchev–Trinajstić information content (AvgIpc) is 2.85. The fourth-order valence-electron chi connectivity index (χ4n) is 4.96. The summed E-state index contributed by atoms with van der Waals surface area (Å²) in [5.41, 5.74) is 0. The topological polar surface area (TPSA) is 63.6 Å². The molecule has 0 aromatic carbocycles. The Morgan fingerprint density at radius 1 is 0.500 bits per heavy atom. The second-order valence-electron chi connectivity index (χ2n) is 11.0. The Kier molecular flexibility index (Phi) is 27.7. The zero-order chi connectivity index (χ0) is 26.5. The molecule has 0 aromatic rings. The summed E-state index contributed by atoms with van der Waals surface area (Å²) >= 11 is 0. The Hall–Kier alpha value is -1.06. The summed E-state index contributed by atoms with van der Waals surface area (Å²) in [6.07, 6.45) is 31.0. The van der Waals surface area contributed by atoms with E-state index in [1.165, 1.54) is 122 Å². The largest absolute Gasteiger partial charge is 0.481 e. The summed E-state index contributed by atoms with van der Waals surface area (Å²) in [5.74, 6) is -0.856. The van der Waals surface area contributed by atoms with Crippen LogP contribution in [0.4, 0.5) is 0 Å². The molecular formula is C32H62O4. The van der Waals surface area contributed by atoms with Crippen LogP contribution < -0.4 is 0 Å². The number of ether oxygens (including phenoxy) is 1. The standard InChI is InChI=1S/C32H62O4/c1-3-5-7-9-11-13-15-16-18-20-22-24-29-32(35)36-30(27-25-28-31(33)34)26-23-21-19-17-14-12-10-8-6-4-2/h30H,3-29H2,1-2H3,(H,33,34). The fourth-order valence-corrected chi connectivity index (χ4v) is 4.96. The van der Waals surface area contributed by atoms with E-state index in [0.717, 1.165) is 25.7 Å². The molecule has 0 heterocycles. The average molecular weight is 511 g/mol. The number of carbonyl (C=O) groups is 2. The van der Waals surface area contributed by atoms with Gasteiger partial charge < -0.3 is 9.84 Å². The maximum absolute atomic E-state index is 12.4. The Balaban J connectivity index is 3.84. The van der Waals surface area contributed by atoms with Gasteiger partial charge in [0.2, 0.25) is 0 Å². The van der Waals surface area contributed by atoms with Gasteiger partial charge in [-0.15, -0.1) is 0 Å². The van der Waals surface area contributed by atoms with Gasteiger partial charge in [0.15, 0.2) is 0 Å². The molecule has 0 rings (SSSR count). The fraction of sp³-hybridized carbons (Fsp3) is 0.938. The van der Waals surface area contributed by atoms with E-state index in [9.17, 15) is 9.59 Å². The second-order valence-corrected chi connectivity index (χ2v) is 11.0. The van der Waals surface area contributed by atoms with Crippen LogP contribution in [-0.2, 0) is 14.3 Å². The molecule has 4 nitrogen and oxygen atoms in total. The van der Waals surface area contributed by atoms with Crippen LogP contribution >= 0.6 is 0 Å². The zero-order valence-corrected chi connectivity index (χ0v) is 24.3. The van der Waals surface area contributed by atoms with Crippen molar-refractivity contribution in [2.75, 3.05) is 0 Å². The van der Waals surface area contributed by atoms with Crippen LogP contribution in [0.1, 0.15) is 187 Å². The molecule has 0 amide bonds. The third kappa shape index (κ3) is 27.5. The molecule has 0 bridgehead atoms. The second kappa shape index (κ2) is 28.5. The number of rotatable bonds is 29. The van der Waals surface area contributed by atoms with Crippen molar-refractivity contribution < 1.29 is 19.4 Å². The number of hydrogen-bond donors (Lipinski definition) is 1. The molecule has 0 saturated heterocycles. The minimum atomic E-state index is -0.768. The van der Waals surface area contributed by atoms with Crippen LogP contribution in [-0.4, -0.2) is 23.1 Å². The van der Waals surface area contributed by atoms with Crippen molar-refractivity contribution in [1.82, 2.24) is 0 Å². The molecule has 0 radical (unpaired) electrons. The first-order chi connectivity index (χ1) is 17.6. The molecule has 0 saturated carbocycles. The van der Waals surface area contributed by atoms with Crippen LogP contribution in [0.5, 0.6) is 0 Å². The molecule has 214 valence electrons. The number of hydrogen-bond acceptors (Lipinski definition) is 3. The van der Waals surface area contributed by atoms with Gasteiger partial charge in [0.25, 0.3) is 0 Å². The highest BCUT2D eigenvalue weighted by atomic mass is 16.5. The molecule has 4 heteroatoms. The maximum atomic E-state index is 12.4. The lowest BCUT2D eigenvalue weighted by atomic mass is 10.0. The van der Waals surface area contributed by atoms with E-state index in [-0.39, 0.29) is 18.5 Å². The molecule has 0 aromatic heterocycles. The van der Waals surface area contributed by atoms with Crippen LogP contribution in [0, 0.1) is 0 Å². The van der Waals surface area contributed by atoms with Gasteiger partial charge in [0, 0.05) is 12.8 Å². The van der Waals surface area contributed by atoms with E-state index in [1.54, 1.807) is 0 Å². The normalized spacial score (nSPS) is 12.1. The summed E-state index contributed by atoms with van der Waals surface area (Å²) in [6, 6.07) is 0. The maximum Gasteiger partial charge on any atom is 0.306 e. The molecule has 0 aliphatic heterocycles. The van der Waals surface area contributed by atoms with Crippen LogP contribution in [0.25, 0.3) is 0 Å². The molecule has 0 spiro atoms. The molecule has 1 N–H and O–H groups in total. The van der Waals surface area contributed by atoms with E-state index in [0.29, 0.717) is 19.3 Å². The summed E-state index contributed by atoms with van der Waals surface area (Å²) < 4.78 is 5.78. The summed E-state index contributed by atoms with van der Waals surface area (Å²) in [7, 11) is 0. The van der Waals surface area contributed by atoms with Gasteiger partial charge in [-0.3, -0.25) is 9.59 Å². The predicted octanol–water partition coefficient (Wildman–Crippen LogP) is 10.6. The van der Waals surface area contributed by atoms with E-state index in [1.807, 2.05) is 0 Å². The molecule has 0 aliphatic carbocycles. The number of carboxylic acid groups (broad SMARTS) is 1. The SMILES string of the molecule is CCCCCCCCCCCCCCC(=O)OC(CCCCCCCCCCCC)CCCC(=O)O. The van der Waals surface area contributed by atoms with Crippen molar-refractivity contribution in [3.05, 3.63) is 0 Å². The van der Waals surface area contributed by atoms with Gasteiger partial charge in [-0.2, -0.15) is 0 Å². The van der Waals surface area contributed by atoms with Crippen LogP contribution in [0.15, 0.2) is 0 Å². The Bertz CT molecular complexity index is 477. The summed E-state index contributed by atoms with van der Waals surface area (Å²) in [5, 5.41) is 8.94. The molecule has 0 aliphatic rings. The van der Waals surface area contributed by atoms with Crippen molar-refractivity contribution in [2.45, 2.75) is 193 Å². The zero-order valence-electron chi connectivity index (χ0n) is 24.3. The van der Waals surface area contributed by atoms with Crippen LogP contribution in [0.2, 0.25) is 0 Å². The lowest BCUT2D eigenvalue weighted by molar-refractivity contribution is -0.150. The van der Waals surface area contributed by atoms with Gasteiger partial charge >= 0.3 is 11.9 Å². The third-order valence-corrected chi connectivity index (χ3v) is 7.33. The molecule has 0 fully saturated rings. The Morgan fingerprint density at radius 2 is 0.861 bits per heavy atom. The monoisotopic (exact) mass is 510 g/mol. The first-order valence-electron chi connectivity index (χ1n) is 16.0. The van der Waals surface area contributed by atoms with E-state index in [2.05, 4.69) is 13.8 Å². The summed E-state index contributed by atoms with van der Waals surface area (Å²) in [6.45, 7) is 4.52. The number of unbranched alkanes of at least 4 members (excludes halogenated alkanes) is 20. The highest BCUT2D eigenvalue weighted by molar-refractivity contribution is 5.69. The lowest BCUT2D eigenvalue weighted by Crippen LogP contribution is -2.18. The quantitative estimate of drug-likeness (QED) is 0.0802. The minimum absolute atomic E-state index is 0.0884. The highest BCUT2D eigenvalue weighted by Gasteiger charge is 2.15. The van der Waals surface area contributed by atoms with Crippen molar-refractivity contribution >= 4 is 11.9 Å². The van der Waals surface area contributed by atoms with E-state index in [4.69, 9.17) is 9.84 Å². The number of carbonyl (C=O) groups excluding carboxylic acids is 1. The van der Waals surface area contributed by atoms with Gasteiger partial charge in [-0.1, -0.05) is 142 Å². The Labute approximate surface area is 224 Å². The van der Waals surface area contributed by atoms with Gasteiger partial charge in [-0.05, 0) is 32.1 Å². The van der Waals surface area contributed by atoms with E-state index < -0.39 is 5.97 Å². The first kappa shape index (κ1) is 34.9. The highest BCUT2D eigenvalue weighted by Crippen LogP contribution is 2.18. The first-order valence-corrected chi connectivity index (χ1v) is 16.0. The van der Waals surface area contributed by atoms with Crippen molar-refractivity contribution in [1.29, 1.82) is 0 Å². The predicted molar refractivity (Wildman–Crippen MR) is 154 cm³/mol. The molecule has 36 heavy (non-hydrogen) atoms. The summed E-state index contributed by atoms with van der Waals surface area (Å²) in [4.78, 5) is 23.3. The number of carboxylic acids is 1. The molecule has 1 atom stereocenters. The van der Waals surface area contributed by atoms with Gasteiger partial charge in [0.1, 0.15) is 6.10 Å².